The monoisotopic (exact) mass is 792 g/mol. The summed E-state index contributed by atoms with van der Waals surface area (Å²) in [5, 5.41) is 9.57. The van der Waals surface area contributed by atoms with Gasteiger partial charge in [0.2, 0.25) is 17.7 Å². The van der Waals surface area contributed by atoms with Gasteiger partial charge in [-0.05, 0) is 84.8 Å². The van der Waals surface area contributed by atoms with Crippen molar-refractivity contribution in [3.63, 3.8) is 0 Å². The number of rotatable bonds is 14. The van der Waals surface area contributed by atoms with Crippen molar-refractivity contribution >= 4 is 67.4 Å². The number of benzene rings is 5. The van der Waals surface area contributed by atoms with Crippen LogP contribution >= 0.6 is 0 Å². The summed E-state index contributed by atoms with van der Waals surface area (Å²) in [6.07, 6.45) is 1.82. The number of carbonyl (C=O) groups excluding carboxylic acids is 4. The zero-order chi connectivity index (χ0) is 41.2. The van der Waals surface area contributed by atoms with Crippen LogP contribution in [0.4, 0.5) is 4.79 Å². The third-order valence-electron chi connectivity index (χ3n) is 11.0. The number of nitrogens with one attached hydrogen (secondary N) is 4. The summed E-state index contributed by atoms with van der Waals surface area (Å²) in [5.41, 5.74) is 6.30. The van der Waals surface area contributed by atoms with Gasteiger partial charge in [-0.3, -0.25) is 14.4 Å². The minimum atomic E-state index is -0.765. The smallest absolute Gasteiger partial charge is 0.407 e. The molecular formula is C46H48N8O5. The molecule has 302 valence electrons. The van der Waals surface area contributed by atoms with Crippen LogP contribution < -0.4 is 10.6 Å². The van der Waals surface area contributed by atoms with Crippen LogP contribution in [-0.2, 0) is 32.2 Å². The summed E-state index contributed by atoms with van der Waals surface area (Å²) in [4.78, 5) is 71.7. The van der Waals surface area contributed by atoms with Gasteiger partial charge >= 0.3 is 6.09 Å². The van der Waals surface area contributed by atoms with Crippen LogP contribution in [-0.4, -0.2) is 79.8 Å². The van der Waals surface area contributed by atoms with Crippen molar-refractivity contribution in [1.29, 1.82) is 0 Å². The number of ether oxygens (including phenoxy) is 1. The molecule has 13 heteroatoms. The summed E-state index contributed by atoms with van der Waals surface area (Å²) in [5.74, 6) is 0.858. The fourth-order valence-electron chi connectivity index (χ4n) is 7.70. The van der Waals surface area contributed by atoms with E-state index in [0.29, 0.717) is 18.2 Å². The van der Waals surface area contributed by atoms with Gasteiger partial charge in [0.1, 0.15) is 24.2 Å². The van der Waals surface area contributed by atoms with Crippen LogP contribution in [0.5, 0.6) is 0 Å². The number of hydrogen-bond acceptors (Lipinski definition) is 7. The molecule has 1 atom stereocenters. The minimum Gasteiger partial charge on any atom is -0.453 e. The molecule has 0 radical (unpaired) electrons. The molecule has 4 N–H and O–H groups in total. The Morgan fingerprint density at radius 1 is 0.797 bits per heavy atom. The third-order valence-corrected chi connectivity index (χ3v) is 11.0. The van der Waals surface area contributed by atoms with Gasteiger partial charge in [-0.2, -0.15) is 0 Å². The molecule has 0 saturated heterocycles. The Bertz CT molecular complexity index is 2700. The maximum absolute atomic E-state index is 14.1. The number of methoxy groups -OCH3 is 1. The van der Waals surface area contributed by atoms with Crippen LogP contribution in [0, 0.1) is 5.92 Å². The molecule has 2 heterocycles. The molecule has 13 nitrogen and oxygen atoms in total. The second-order valence-electron chi connectivity index (χ2n) is 15.5. The average Bonchev–Trinajstić information content (AvgIpc) is 3.89. The molecule has 59 heavy (non-hydrogen) atoms. The topological polar surface area (TPSA) is 165 Å². The number of alkyl carbamates (subject to hydrolysis) is 1. The van der Waals surface area contributed by atoms with Gasteiger partial charge in [0.25, 0.3) is 0 Å². The molecular weight excluding hydrogens is 745 g/mol. The van der Waals surface area contributed by atoms with E-state index in [4.69, 9.17) is 9.97 Å². The van der Waals surface area contributed by atoms with E-state index in [0.717, 1.165) is 79.6 Å². The molecule has 0 spiro atoms. The lowest BCUT2D eigenvalue weighted by Gasteiger charge is -2.27. The highest BCUT2D eigenvalue weighted by atomic mass is 16.5. The number of nitrogens with zero attached hydrogens (tertiary/aromatic N) is 4. The fraction of sp³-hybridized carbons (Fsp3) is 0.304. The Morgan fingerprint density at radius 3 is 1.93 bits per heavy atom. The van der Waals surface area contributed by atoms with E-state index in [2.05, 4.69) is 73.9 Å². The number of amides is 4. The normalized spacial score (nSPS) is 13.2. The van der Waals surface area contributed by atoms with Crippen LogP contribution in [0.15, 0.2) is 91.0 Å². The Labute approximate surface area is 341 Å². The van der Waals surface area contributed by atoms with Gasteiger partial charge in [-0.15, -0.1) is 0 Å². The summed E-state index contributed by atoms with van der Waals surface area (Å²) < 4.78 is 4.60. The highest BCUT2D eigenvalue weighted by molar-refractivity contribution is 6.07. The molecule has 1 aliphatic rings. The van der Waals surface area contributed by atoms with Gasteiger partial charge in [0.05, 0.1) is 42.3 Å². The first kappa shape index (κ1) is 39.1. The van der Waals surface area contributed by atoms with Crippen molar-refractivity contribution in [1.82, 2.24) is 40.4 Å². The maximum atomic E-state index is 14.1. The second-order valence-corrected chi connectivity index (χ2v) is 15.5. The van der Waals surface area contributed by atoms with Gasteiger partial charge in [-0.25, -0.2) is 14.8 Å². The Hall–Kier alpha value is -6.76. The lowest BCUT2D eigenvalue weighted by molar-refractivity contribution is -0.137. The molecule has 7 aromatic rings. The molecule has 8 rings (SSSR count). The molecule has 5 aromatic carbocycles. The van der Waals surface area contributed by atoms with E-state index in [1.807, 2.05) is 63.2 Å². The van der Waals surface area contributed by atoms with Crippen molar-refractivity contribution in [3.8, 4) is 11.1 Å². The highest BCUT2D eigenvalue weighted by Gasteiger charge is 2.35. The number of fused-ring (bicyclic) bond motifs is 6. The fourth-order valence-corrected chi connectivity index (χ4v) is 7.70. The predicted molar refractivity (Wildman–Crippen MR) is 228 cm³/mol. The van der Waals surface area contributed by atoms with Crippen LogP contribution in [0.3, 0.4) is 0 Å². The standard InChI is InChI=1S/C46H48N8O5/c1-5-21-53(45(57)41(28-9-7-6-8-10-28)52-44(56)29-11-12-29)25-38-48-36-19-15-32-22-30(13-17-34(32)42(36)50-38)31-14-18-35-33(23-31)16-20-37-43(35)51-39(49-37)26-54(27(2)3)40(55)24-47-46(58)59-4/h6-10,13-20,22-23,27,29,41H,5,11-12,21,24-26H2,1-4H3,(H,47,58)(H,48,50)(H,49,51)(H,52,56)/t41-/m1/s1. The van der Waals surface area contributed by atoms with Crippen molar-refractivity contribution in [2.24, 2.45) is 5.92 Å². The highest BCUT2D eigenvalue weighted by Crippen LogP contribution is 2.33. The van der Waals surface area contributed by atoms with E-state index in [9.17, 15) is 19.2 Å². The van der Waals surface area contributed by atoms with E-state index < -0.39 is 12.1 Å². The van der Waals surface area contributed by atoms with E-state index >= 15 is 0 Å². The lowest BCUT2D eigenvalue weighted by atomic mass is 9.98. The molecule has 1 aliphatic carbocycles. The molecule has 0 unspecified atom stereocenters. The summed E-state index contributed by atoms with van der Waals surface area (Å²) >= 11 is 0. The van der Waals surface area contributed by atoms with Gasteiger partial charge < -0.3 is 35.1 Å². The molecule has 1 saturated carbocycles. The van der Waals surface area contributed by atoms with E-state index in [1.165, 1.54) is 7.11 Å². The molecule has 4 amide bonds. The van der Waals surface area contributed by atoms with Gasteiger partial charge in [-0.1, -0.05) is 73.7 Å². The Balaban J connectivity index is 1.02. The maximum Gasteiger partial charge on any atom is 0.407 e. The van der Waals surface area contributed by atoms with Crippen LogP contribution in [0.1, 0.15) is 63.3 Å². The first-order chi connectivity index (χ1) is 28.6. The lowest BCUT2D eigenvalue weighted by Crippen LogP contribution is -2.43. The largest absolute Gasteiger partial charge is 0.453 e. The average molecular weight is 793 g/mol. The zero-order valence-corrected chi connectivity index (χ0v) is 33.7. The first-order valence-corrected chi connectivity index (χ1v) is 20.2. The number of carbonyl (C=O) groups is 4. The third kappa shape index (κ3) is 8.31. The molecule has 1 fully saturated rings. The quantitative estimate of drug-likeness (QED) is 0.0885. The van der Waals surface area contributed by atoms with E-state index in [-0.39, 0.29) is 49.3 Å². The van der Waals surface area contributed by atoms with Gasteiger partial charge in [0.15, 0.2) is 0 Å². The molecule has 2 aromatic heterocycles. The minimum absolute atomic E-state index is 0.0148. The number of imidazole rings is 2. The number of H-pyrrole nitrogens is 2. The van der Waals surface area contributed by atoms with Crippen molar-refractivity contribution in [2.45, 2.75) is 65.2 Å². The van der Waals surface area contributed by atoms with Crippen LogP contribution in [0.25, 0.3) is 54.7 Å². The van der Waals surface area contributed by atoms with Crippen LogP contribution in [0.2, 0.25) is 0 Å². The Morgan fingerprint density at radius 2 is 1.39 bits per heavy atom. The van der Waals surface area contributed by atoms with Crippen molar-refractivity contribution in [3.05, 3.63) is 108 Å². The summed E-state index contributed by atoms with van der Waals surface area (Å²) in [7, 11) is 1.26. The number of hydrogen-bond donors (Lipinski definition) is 4. The van der Waals surface area contributed by atoms with Crippen molar-refractivity contribution in [2.75, 3.05) is 20.2 Å². The van der Waals surface area contributed by atoms with Crippen molar-refractivity contribution < 1.29 is 23.9 Å². The number of aromatic nitrogens is 4. The first-order valence-electron chi connectivity index (χ1n) is 20.2. The second kappa shape index (κ2) is 16.6. The molecule has 0 aliphatic heterocycles. The summed E-state index contributed by atoms with van der Waals surface area (Å²) in [6.45, 7) is 6.79. The van der Waals surface area contributed by atoms with E-state index in [1.54, 1.807) is 9.80 Å². The Kier molecular flexibility index (Phi) is 11.0. The summed E-state index contributed by atoms with van der Waals surface area (Å²) in [6, 6.07) is 29.5. The SMILES string of the molecule is CCCN(Cc1nc2c(ccc3cc(-c4ccc5c(ccc6[nH]c(CN(C(=O)CNC(=O)OC)C(C)C)nc65)c4)ccc32)[nH]1)C(=O)[C@H](NC(=O)C1CC1)c1ccccc1. The molecule has 0 bridgehead atoms. The zero-order valence-electron chi connectivity index (χ0n) is 33.7. The predicted octanol–water partition coefficient (Wildman–Crippen LogP) is 7.51. The number of aromatic amines is 2. The van der Waals surface area contributed by atoms with Gasteiger partial charge in [0, 0.05) is 29.3 Å².